The van der Waals surface area contributed by atoms with E-state index in [4.69, 9.17) is 5.11 Å². The van der Waals surface area contributed by atoms with Crippen molar-refractivity contribution in [1.82, 2.24) is 4.98 Å². The molecule has 1 rings (SSSR count). The van der Waals surface area contributed by atoms with Crippen molar-refractivity contribution >= 4 is 28.9 Å². The Morgan fingerprint density at radius 1 is 1.64 bits per heavy atom. The molecule has 1 N–H and O–H groups in total. The van der Waals surface area contributed by atoms with Gasteiger partial charge < -0.3 is 5.11 Å². The standard InChI is InChI=1S/C7H6INO2/c8-7-5(3-10)1-2-6(4-11)9-7/h1-2,4,10H,3H2. The molecule has 0 aliphatic rings. The largest absolute Gasteiger partial charge is 0.392 e. The fraction of sp³-hybridized carbons (Fsp3) is 0.143. The molecule has 0 fully saturated rings. The average Bonchev–Trinajstić information content (AvgIpc) is 2.04. The van der Waals surface area contributed by atoms with Crippen LogP contribution in [0, 0.1) is 3.70 Å². The maximum absolute atomic E-state index is 10.2. The number of pyridine rings is 1. The quantitative estimate of drug-likeness (QED) is 0.492. The first-order chi connectivity index (χ1) is 5.27. The third kappa shape index (κ3) is 1.97. The first kappa shape index (κ1) is 8.61. The minimum absolute atomic E-state index is 0.0373. The Morgan fingerprint density at radius 2 is 2.36 bits per heavy atom. The molecule has 0 unspecified atom stereocenters. The molecule has 0 spiro atoms. The topological polar surface area (TPSA) is 50.2 Å². The van der Waals surface area contributed by atoms with E-state index >= 15 is 0 Å². The lowest BCUT2D eigenvalue weighted by molar-refractivity contribution is 0.111. The van der Waals surface area contributed by atoms with Gasteiger partial charge in [-0.15, -0.1) is 0 Å². The van der Waals surface area contributed by atoms with Crippen LogP contribution in [0.1, 0.15) is 16.1 Å². The molecule has 0 aromatic carbocycles. The van der Waals surface area contributed by atoms with Gasteiger partial charge in [0.25, 0.3) is 0 Å². The van der Waals surface area contributed by atoms with Gasteiger partial charge in [-0.2, -0.15) is 0 Å². The number of carbonyl (C=O) groups excluding carboxylic acids is 1. The number of aliphatic hydroxyl groups excluding tert-OH is 1. The van der Waals surface area contributed by atoms with Gasteiger partial charge in [0, 0.05) is 5.56 Å². The highest BCUT2D eigenvalue weighted by molar-refractivity contribution is 14.1. The van der Waals surface area contributed by atoms with Crippen LogP contribution >= 0.6 is 22.6 Å². The third-order valence-electron chi connectivity index (χ3n) is 1.24. The Balaban J connectivity index is 3.09. The highest BCUT2D eigenvalue weighted by Crippen LogP contribution is 2.09. The summed E-state index contributed by atoms with van der Waals surface area (Å²) in [4.78, 5) is 14.2. The number of aliphatic hydroxyl groups is 1. The van der Waals surface area contributed by atoms with E-state index in [1.807, 2.05) is 22.6 Å². The second kappa shape index (κ2) is 3.77. The van der Waals surface area contributed by atoms with Gasteiger partial charge in [0.2, 0.25) is 0 Å². The number of halogens is 1. The Bertz CT molecular complexity index is 275. The predicted molar refractivity (Wildman–Crippen MR) is 48.3 cm³/mol. The SMILES string of the molecule is O=Cc1ccc(CO)c(I)n1. The number of aldehydes is 1. The lowest BCUT2D eigenvalue weighted by atomic mass is 10.3. The summed E-state index contributed by atoms with van der Waals surface area (Å²) >= 11 is 1.98. The van der Waals surface area contributed by atoms with Crippen molar-refractivity contribution in [3.63, 3.8) is 0 Å². The van der Waals surface area contributed by atoms with Crippen molar-refractivity contribution in [3.8, 4) is 0 Å². The molecule has 0 aliphatic carbocycles. The fourth-order valence-electron chi connectivity index (χ4n) is 0.661. The summed E-state index contributed by atoms with van der Waals surface area (Å²) in [6, 6.07) is 3.28. The van der Waals surface area contributed by atoms with Crippen LogP contribution in [0.5, 0.6) is 0 Å². The van der Waals surface area contributed by atoms with Gasteiger partial charge in [-0.05, 0) is 28.7 Å². The van der Waals surface area contributed by atoms with Crippen molar-refractivity contribution in [2.75, 3.05) is 0 Å². The van der Waals surface area contributed by atoms with Gasteiger partial charge in [0.05, 0.1) is 6.61 Å². The molecule has 0 amide bonds. The fourth-order valence-corrected chi connectivity index (χ4v) is 1.29. The summed E-state index contributed by atoms with van der Waals surface area (Å²) < 4.78 is 0.676. The minimum atomic E-state index is -0.0373. The first-order valence-electron chi connectivity index (χ1n) is 2.99. The molecule has 58 valence electrons. The molecule has 11 heavy (non-hydrogen) atoms. The van der Waals surface area contributed by atoms with Crippen LogP contribution in [0.15, 0.2) is 12.1 Å². The molecule has 4 heteroatoms. The van der Waals surface area contributed by atoms with E-state index in [1.54, 1.807) is 12.1 Å². The molecular weight excluding hydrogens is 257 g/mol. The lowest BCUT2D eigenvalue weighted by Gasteiger charge is -1.98. The van der Waals surface area contributed by atoms with Crippen molar-refractivity contribution < 1.29 is 9.90 Å². The predicted octanol–water partition coefficient (Wildman–Crippen LogP) is 0.991. The van der Waals surface area contributed by atoms with Crippen LogP contribution in [-0.2, 0) is 6.61 Å². The molecule has 1 heterocycles. The average molecular weight is 263 g/mol. The van der Waals surface area contributed by atoms with E-state index in [-0.39, 0.29) is 6.61 Å². The first-order valence-corrected chi connectivity index (χ1v) is 4.07. The normalized spacial score (nSPS) is 9.64. The number of aromatic nitrogens is 1. The molecule has 0 saturated carbocycles. The van der Waals surface area contributed by atoms with Crippen LogP contribution in [0.4, 0.5) is 0 Å². The Labute approximate surface area is 77.6 Å². The molecule has 3 nitrogen and oxygen atoms in total. The van der Waals surface area contributed by atoms with Crippen molar-refractivity contribution in [3.05, 3.63) is 27.1 Å². The summed E-state index contributed by atoms with van der Waals surface area (Å²) in [5, 5.41) is 8.75. The molecule has 0 radical (unpaired) electrons. The zero-order valence-corrected chi connectivity index (χ0v) is 7.78. The van der Waals surface area contributed by atoms with Crippen molar-refractivity contribution in [2.45, 2.75) is 6.61 Å². The summed E-state index contributed by atoms with van der Waals surface area (Å²) in [5.41, 5.74) is 1.14. The van der Waals surface area contributed by atoms with Gasteiger partial charge in [-0.1, -0.05) is 6.07 Å². The second-order valence-corrected chi connectivity index (χ2v) is 2.98. The Kier molecular flexibility index (Phi) is 2.95. The van der Waals surface area contributed by atoms with E-state index in [2.05, 4.69) is 4.98 Å². The molecule has 0 atom stereocenters. The number of hydrogen-bond acceptors (Lipinski definition) is 3. The van der Waals surface area contributed by atoms with Gasteiger partial charge in [0.1, 0.15) is 9.39 Å². The molecular formula is C7H6INO2. The van der Waals surface area contributed by atoms with Gasteiger partial charge >= 0.3 is 0 Å². The highest BCUT2D eigenvalue weighted by Gasteiger charge is 1.99. The summed E-state index contributed by atoms with van der Waals surface area (Å²) in [7, 11) is 0. The van der Waals surface area contributed by atoms with Crippen LogP contribution in [0.3, 0.4) is 0 Å². The molecule has 0 saturated heterocycles. The molecule has 1 aromatic rings. The van der Waals surface area contributed by atoms with Gasteiger partial charge in [-0.3, -0.25) is 4.79 Å². The Morgan fingerprint density at radius 3 is 2.82 bits per heavy atom. The smallest absolute Gasteiger partial charge is 0.168 e. The maximum atomic E-state index is 10.2. The number of nitrogens with zero attached hydrogens (tertiary/aromatic N) is 1. The maximum Gasteiger partial charge on any atom is 0.168 e. The molecule has 0 bridgehead atoms. The monoisotopic (exact) mass is 263 g/mol. The van der Waals surface area contributed by atoms with E-state index < -0.39 is 0 Å². The van der Waals surface area contributed by atoms with Crippen LogP contribution in [0.2, 0.25) is 0 Å². The van der Waals surface area contributed by atoms with Crippen LogP contribution in [-0.4, -0.2) is 16.4 Å². The van der Waals surface area contributed by atoms with Crippen molar-refractivity contribution in [1.29, 1.82) is 0 Å². The zero-order chi connectivity index (χ0) is 8.27. The molecule has 0 aliphatic heterocycles. The number of carbonyl (C=O) groups is 1. The highest BCUT2D eigenvalue weighted by atomic mass is 127. The summed E-state index contributed by atoms with van der Waals surface area (Å²) in [6.07, 6.45) is 0.684. The van der Waals surface area contributed by atoms with E-state index in [1.165, 1.54) is 0 Å². The summed E-state index contributed by atoms with van der Waals surface area (Å²) in [6.45, 7) is -0.0373. The van der Waals surface area contributed by atoms with Gasteiger partial charge in [-0.25, -0.2) is 4.98 Å². The van der Waals surface area contributed by atoms with E-state index in [0.717, 1.165) is 5.56 Å². The second-order valence-electron chi connectivity index (χ2n) is 1.96. The van der Waals surface area contributed by atoms with Gasteiger partial charge in [0.15, 0.2) is 6.29 Å². The Hall–Kier alpha value is -0.490. The van der Waals surface area contributed by atoms with E-state index in [0.29, 0.717) is 15.7 Å². The van der Waals surface area contributed by atoms with Crippen LogP contribution in [0.25, 0.3) is 0 Å². The lowest BCUT2D eigenvalue weighted by Crippen LogP contribution is -1.95. The number of rotatable bonds is 2. The third-order valence-corrected chi connectivity index (χ3v) is 2.17. The minimum Gasteiger partial charge on any atom is -0.392 e. The van der Waals surface area contributed by atoms with E-state index in [9.17, 15) is 4.79 Å². The molecule has 1 aromatic heterocycles. The van der Waals surface area contributed by atoms with Crippen molar-refractivity contribution in [2.24, 2.45) is 0 Å². The number of hydrogen-bond donors (Lipinski definition) is 1. The summed E-state index contributed by atoms with van der Waals surface area (Å²) in [5.74, 6) is 0. The van der Waals surface area contributed by atoms with Crippen LogP contribution < -0.4 is 0 Å². The zero-order valence-electron chi connectivity index (χ0n) is 5.62.